The van der Waals surface area contributed by atoms with Crippen LogP contribution in [-0.4, -0.2) is 19.7 Å². The molecule has 5 heteroatoms. The van der Waals surface area contributed by atoms with Gasteiger partial charge < -0.3 is 0 Å². The van der Waals surface area contributed by atoms with E-state index in [0.29, 0.717) is 0 Å². The van der Waals surface area contributed by atoms with Crippen molar-refractivity contribution in [2.75, 3.05) is 0 Å². The molecule has 0 unspecified atom stereocenters. The molecule has 0 bridgehead atoms. The van der Waals surface area contributed by atoms with Gasteiger partial charge in [-0.15, -0.1) is 0 Å². The van der Waals surface area contributed by atoms with Gasteiger partial charge >= 0.3 is 0 Å². The normalized spacial score (nSPS) is 10.5. The lowest BCUT2D eigenvalue weighted by atomic mass is 10.4. The van der Waals surface area contributed by atoms with Gasteiger partial charge in [0.1, 0.15) is 5.82 Å². The highest BCUT2D eigenvalue weighted by Gasteiger charge is 2.02. The largest absolute Gasteiger partial charge is 0.238 e. The predicted molar refractivity (Wildman–Crippen MR) is 61.3 cm³/mol. The van der Waals surface area contributed by atoms with Crippen LogP contribution >= 0.6 is 22.6 Å². The molecule has 0 aliphatic rings. The van der Waals surface area contributed by atoms with Crippen LogP contribution in [0.15, 0.2) is 18.5 Å². The molecule has 0 radical (unpaired) electrons. The van der Waals surface area contributed by atoms with E-state index in [1.54, 1.807) is 10.9 Å². The minimum absolute atomic E-state index is 0.769. The zero-order valence-corrected chi connectivity index (χ0v) is 10.1. The van der Waals surface area contributed by atoms with Gasteiger partial charge in [0.2, 0.25) is 0 Å². The highest BCUT2D eigenvalue weighted by molar-refractivity contribution is 14.1. The van der Waals surface area contributed by atoms with Crippen LogP contribution in [0.5, 0.6) is 0 Å². The maximum atomic E-state index is 4.30. The Hall–Kier alpha value is -0.980. The summed E-state index contributed by atoms with van der Waals surface area (Å²) in [4.78, 5) is 8.52. The number of rotatable bonds is 1. The van der Waals surface area contributed by atoms with E-state index in [2.05, 4.69) is 37.7 Å². The van der Waals surface area contributed by atoms with E-state index in [0.717, 1.165) is 20.9 Å². The average Bonchev–Trinajstić information content (AvgIpc) is 2.50. The summed E-state index contributed by atoms with van der Waals surface area (Å²) in [6.45, 7) is 3.83. The van der Waals surface area contributed by atoms with E-state index in [-0.39, 0.29) is 0 Å². The molecule has 0 aliphatic carbocycles. The second-order valence-corrected chi connectivity index (χ2v) is 4.26. The molecular formula is C9H9IN4. The summed E-state index contributed by atoms with van der Waals surface area (Å²) in [5.41, 5.74) is 0.956. The molecule has 2 rings (SSSR count). The molecule has 72 valence electrons. The Balaban J connectivity index is 2.51. The van der Waals surface area contributed by atoms with Gasteiger partial charge in [0, 0.05) is 18.0 Å². The van der Waals surface area contributed by atoms with Crippen LogP contribution in [0.25, 0.3) is 5.82 Å². The monoisotopic (exact) mass is 300 g/mol. The van der Waals surface area contributed by atoms with Crippen molar-refractivity contribution in [3.63, 3.8) is 0 Å². The van der Waals surface area contributed by atoms with Crippen molar-refractivity contribution < 1.29 is 0 Å². The lowest BCUT2D eigenvalue weighted by molar-refractivity contribution is 0.822. The number of nitrogens with zero attached hydrogens (tertiary/aromatic N) is 4. The summed E-state index contributed by atoms with van der Waals surface area (Å²) in [6.07, 6.45) is 3.73. The molecular weight excluding hydrogens is 291 g/mol. The van der Waals surface area contributed by atoms with Crippen molar-refractivity contribution in [1.29, 1.82) is 0 Å². The molecule has 2 heterocycles. The zero-order chi connectivity index (χ0) is 10.1. The zero-order valence-electron chi connectivity index (χ0n) is 7.90. The molecule has 0 N–H and O–H groups in total. The first kappa shape index (κ1) is 9.57. The first-order valence-corrected chi connectivity index (χ1v) is 5.26. The topological polar surface area (TPSA) is 43.6 Å². The van der Waals surface area contributed by atoms with Crippen LogP contribution in [-0.2, 0) is 0 Å². The maximum absolute atomic E-state index is 4.30. The van der Waals surface area contributed by atoms with Gasteiger partial charge in [0.25, 0.3) is 0 Å². The van der Waals surface area contributed by atoms with Crippen molar-refractivity contribution in [3.05, 3.63) is 33.5 Å². The molecule has 2 aromatic heterocycles. The van der Waals surface area contributed by atoms with Gasteiger partial charge in [-0.2, -0.15) is 5.10 Å². The molecule has 0 spiro atoms. The summed E-state index contributed by atoms with van der Waals surface area (Å²) in [6, 6.07) is 1.91. The van der Waals surface area contributed by atoms with Crippen LogP contribution in [0, 0.1) is 17.4 Å². The smallest absolute Gasteiger partial charge is 0.157 e. The summed E-state index contributed by atoms with van der Waals surface area (Å²) in [7, 11) is 0. The second-order valence-electron chi connectivity index (χ2n) is 3.02. The summed E-state index contributed by atoms with van der Waals surface area (Å²) >= 11 is 2.22. The van der Waals surface area contributed by atoms with Gasteiger partial charge in [-0.1, -0.05) is 0 Å². The van der Waals surface area contributed by atoms with Crippen LogP contribution < -0.4 is 0 Å². The van der Waals surface area contributed by atoms with E-state index in [1.807, 2.05) is 26.1 Å². The van der Waals surface area contributed by atoms with E-state index >= 15 is 0 Å². The molecule has 0 aliphatic heterocycles. The molecule has 0 aromatic carbocycles. The molecule has 2 aromatic rings. The summed E-state index contributed by atoms with van der Waals surface area (Å²) < 4.78 is 2.85. The lowest BCUT2D eigenvalue weighted by Gasteiger charge is -2.02. The first-order valence-electron chi connectivity index (χ1n) is 4.18. The van der Waals surface area contributed by atoms with E-state index < -0.39 is 0 Å². The molecule has 0 fully saturated rings. The van der Waals surface area contributed by atoms with Gasteiger partial charge in [-0.3, -0.25) is 0 Å². The van der Waals surface area contributed by atoms with Crippen LogP contribution in [0.4, 0.5) is 0 Å². The highest BCUT2D eigenvalue weighted by atomic mass is 127. The van der Waals surface area contributed by atoms with Crippen LogP contribution in [0.3, 0.4) is 0 Å². The van der Waals surface area contributed by atoms with Crippen molar-refractivity contribution in [2.24, 2.45) is 0 Å². The second kappa shape index (κ2) is 3.64. The Morgan fingerprint density at radius 3 is 2.64 bits per heavy atom. The average molecular weight is 300 g/mol. The van der Waals surface area contributed by atoms with Crippen molar-refractivity contribution in [3.8, 4) is 5.82 Å². The first-order chi connectivity index (χ1) is 6.65. The Morgan fingerprint density at radius 2 is 2.07 bits per heavy atom. The fraction of sp³-hybridized carbons (Fsp3) is 0.222. The van der Waals surface area contributed by atoms with E-state index in [1.165, 1.54) is 0 Å². The number of aromatic nitrogens is 4. The summed E-state index contributed by atoms with van der Waals surface area (Å²) in [5.74, 6) is 1.59. The van der Waals surface area contributed by atoms with Crippen molar-refractivity contribution in [1.82, 2.24) is 19.7 Å². The molecule has 0 amide bonds. The standard InChI is InChI=1S/C9H9IN4/c1-6-3-9(13-7(2)12-6)14-5-8(10)4-11-14/h3-5H,1-2H3. The Morgan fingerprint density at radius 1 is 1.29 bits per heavy atom. The number of halogens is 1. The van der Waals surface area contributed by atoms with Crippen molar-refractivity contribution in [2.45, 2.75) is 13.8 Å². The van der Waals surface area contributed by atoms with E-state index in [9.17, 15) is 0 Å². The lowest BCUT2D eigenvalue weighted by Crippen LogP contribution is -2.02. The van der Waals surface area contributed by atoms with Gasteiger partial charge in [-0.25, -0.2) is 14.6 Å². The van der Waals surface area contributed by atoms with Gasteiger partial charge in [0.15, 0.2) is 5.82 Å². The molecule has 0 atom stereocenters. The molecule has 0 saturated carbocycles. The fourth-order valence-electron chi connectivity index (χ4n) is 1.24. The number of hydrogen-bond donors (Lipinski definition) is 0. The van der Waals surface area contributed by atoms with Crippen LogP contribution in [0.1, 0.15) is 11.5 Å². The SMILES string of the molecule is Cc1cc(-n2cc(I)cn2)nc(C)n1. The highest BCUT2D eigenvalue weighted by Crippen LogP contribution is 2.08. The minimum Gasteiger partial charge on any atom is -0.238 e. The Kier molecular flexibility index (Phi) is 2.49. The third-order valence-corrected chi connectivity index (χ3v) is 2.30. The third-order valence-electron chi connectivity index (χ3n) is 1.74. The van der Waals surface area contributed by atoms with Gasteiger partial charge in [-0.05, 0) is 36.4 Å². The van der Waals surface area contributed by atoms with E-state index in [4.69, 9.17) is 0 Å². The third kappa shape index (κ3) is 1.92. The predicted octanol–water partition coefficient (Wildman–Crippen LogP) is 1.88. The molecule has 0 saturated heterocycles. The molecule has 4 nitrogen and oxygen atoms in total. The minimum atomic E-state index is 0.769. The molecule has 14 heavy (non-hydrogen) atoms. The summed E-state index contributed by atoms with van der Waals surface area (Å²) in [5, 5.41) is 4.19. The van der Waals surface area contributed by atoms with Crippen molar-refractivity contribution >= 4 is 22.6 Å². The fourth-order valence-corrected chi connectivity index (χ4v) is 1.63. The Labute approximate surface area is 95.5 Å². The number of hydrogen-bond acceptors (Lipinski definition) is 3. The van der Waals surface area contributed by atoms with Crippen LogP contribution in [0.2, 0.25) is 0 Å². The van der Waals surface area contributed by atoms with Gasteiger partial charge in [0.05, 0.1) is 9.77 Å². The quantitative estimate of drug-likeness (QED) is 0.755. The number of aryl methyl sites for hydroxylation is 2. The Bertz CT molecular complexity index is 443. The maximum Gasteiger partial charge on any atom is 0.157 e.